The van der Waals surface area contributed by atoms with Gasteiger partial charge in [-0.05, 0) is 76.0 Å². The molecule has 0 radical (unpaired) electrons. The molecule has 5 aliphatic rings. The lowest BCUT2D eigenvalue weighted by Gasteiger charge is -2.44. The molecule has 6 unspecified atom stereocenters. The van der Waals surface area contributed by atoms with E-state index in [0.29, 0.717) is 37.9 Å². The van der Waals surface area contributed by atoms with E-state index in [0.717, 1.165) is 12.8 Å². The Hall–Kier alpha value is -4.16. The van der Waals surface area contributed by atoms with Gasteiger partial charge in [0.2, 0.25) is 15.9 Å². The minimum absolute atomic E-state index is 0.0262. The smallest absolute Gasteiger partial charge is 0.437 e. The van der Waals surface area contributed by atoms with E-state index in [1.165, 1.54) is 32.2 Å². The van der Waals surface area contributed by atoms with Crippen LogP contribution < -0.4 is 24.8 Å². The van der Waals surface area contributed by atoms with Crippen LogP contribution in [0.5, 0.6) is 11.5 Å². The van der Waals surface area contributed by atoms with Crippen LogP contribution in [0.3, 0.4) is 0 Å². The Morgan fingerprint density at radius 1 is 1.12 bits per heavy atom. The summed E-state index contributed by atoms with van der Waals surface area (Å²) in [5.74, 6) is -2.39. The Kier molecular flexibility index (Phi) is 11.2. The third kappa shape index (κ3) is 8.78. The van der Waals surface area contributed by atoms with Crippen molar-refractivity contribution in [3.8, 4) is 11.5 Å². The number of methoxy groups -OCH3 is 1. The predicted octanol–water partition coefficient (Wildman–Crippen LogP) is 5.60. The first-order valence-corrected chi connectivity index (χ1v) is 22.1. The summed E-state index contributed by atoms with van der Waals surface area (Å²) < 4.78 is 89.7. The molecule has 6 atom stereocenters. The number of amides is 3. The molecule has 2 aromatic rings. The molecule has 330 valence electrons. The van der Waals surface area contributed by atoms with Gasteiger partial charge in [-0.2, -0.15) is 13.2 Å². The minimum Gasteiger partial charge on any atom is -0.497 e. The normalized spacial score (nSPS) is 30.7. The van der Waals surface area contributed by atoms with Crippen LogP contribution in [-0.2, 0) is 36.1 Å². The second-order valence-corrected chi connectivity index (χ2v) is 21.3. The molecular formula is C42H56F3N5O9S. The van der Waals surface area contributed by atoms with Gasteiger partial charge in [0, 0.05) is 48.8 Å². The third-order valence-electron chi connectivity index (χ3n) is 12.5. The first-order valence-electron chi connectivity index (χ1n) is 20.6. The lowest BCUT2D eigenvalue weighted by Crippen LogP contribution is -2.57. The summed E-state index contributed by atoms with van der Waals surface area (Å²) in [5.41, 5.74) is -6.95. The van der Waals surface area contributed by atoms with Gasteiger partial charge in [0.25, 0.3) is 5.91 Å². The number of carbonyl (C=O) groups excluding carboxylic acids is 3. The molecule has 3 aliphatic heterocycles. The van der Waals surface area contributed by atoms with Crippen LogP contribution in [0.15, 0.2) is 30.4 Å². The number of halogens is 3. The van der Waals surface area contributed by atoms with E-state index < -0.39 is 85.0 Å². The summed E-state index contributed by atoms with van der Waals surface area (Å²) in [4.78, 5) is 47.6. The first kappa shape index (κ1) is 43.9. The molecule has 7 rings (SSSR count). The fourth-order valence-corrected chi connectivity index (χ4v) is 10.3. The van der Waals surface area contributed by atoms with Crippen molar-refractivity contribution in [3.05, 3.63) is 41.6 Å². The van der Waals surface area contributed by atoms with Gasteiger partial charge in [-0.3, -0.25) is 19.2 Å². The summed E-state index contributed by atoms with van der Waals surface area (Å²) in [7, 11) is -2.66. The van der Waals surface area contributed by atoms with Crippen molar-refractivity contribution in [2.24, 2.45) is 11.3 Å². The fraction of sp³-hybridized carbons (Fsp3) is 0.667. The van der Waals surface area contributed by atoms with Crippen LogP contribution in [0.2, 0.25) is 0 Å². The highest BCUT2D eigenvalue weighted by atomic mass is 32.2. The standard InChI is InChI=1S/C42H56F3N5O9S/c1-37(2,3)24-58-36(53)46-26-13-11-9-7-8-10-12-25-19-41(25,35(52)49-60(55,56)38(4)16-17-38)48-34(51)30-20-40(23-50(30)21-26)22-39(5,54)31-28-18-27(57-6)14-15-29(28)47-33(32(31)59-40)42(43,44)45/h10,12,14-15,18,25-26,30,54H,7-9,11,13,16-17,19-24H2,1-6H3,(H,46,53)(H,48,51)(H,49,52). The molecule has 2 aliphatic carbocycles. The number of aliphatic hydroxyl groups is 1. The predicted molar refractivity (Wildman–Crippen MR) is 214 cm³/mol. The molecule has 3 amide bonds. The number of sulfonamides is 1. The highest BCUT2D eigenvalue weighted by Gasteiger charge is 2.64. The van der Waals surface area contributed by atoms with Gasteiger partial charge in [-0.25, -0.2) is 18.2 Å². The number of fused-ring (bicyclic) bond motifs is 5. The fourth-order valence-electron chi connectivity index (χ4n) is 8.96. The van der Waals surface area contributed by atoms with Gasteiger partial charge in [-0.15, -0.1) is 0 Å². The van der Waals surface area contributed by atoms with Crippen molar-refractivity contribution in [2.75, 3.05) is 26.8 Å². The number of pyridine rings is 1. The molecule has 18 heteroatoms. The van der Waals surface area contributed by atoms with Crippen molar-refractivity contribution < 1.29 is 55.3 Å². The molecule has 1 aromatic heterocycles. The summed E-state index contributed by atoms with van der Waals surface area (Å²) in [5, 5.41) is 18.3. The molecular weight excluding hydrogens is 808 g/mol. The lowest BCUT2D eigenvalue weighted by molar-refractivity contribution is -0.146. The van der Waals surface area contributed by atoms with Crippen LogP contribution in [-0.4, -0.2) is 96.1 Å². The summed E-state index contributed by atoms with van der Waals surface area (Å²) in [6, 6.07) is 2.61. The number of hydrogen-bond acceptors (Lipinski definition) is 11. The number of allylic oxidation sites excluding steroid dienone is 1. The van der Waals surface area contributed by atoms with Crippen LogP contribution in [0.4, 0.5) is 18.0 Å². The maximum absolute atomic E-state index is 14.9. The zero-order chi connectivity index (χ0) is 43.7. The van der Waals surface area contributed by atoms with Crippen molar-refractivity contribution in [2.45, 2.75) is 139 Å². The number of ether oxygens (including phenoxy) is 3. The van der Waals surface area contributed by atoms with Gasteiger partial charge in [-0.1, -0.05) is 45.8 Å². The van der Waals surface area contributed by atoms with E-state index in [-0.39, 0.29) is 60.8 Å². The third-order valence-corrected chi connectivity index (χ3v) is 14.7. The van der Waals surface area contributed by atoms with E-state index in [4.69, 9.17) is 14.2 Å². The summed E-state index contributed by atoms with van der Waals surface area (Å²) >= 11 is 0. The van der Waals surface area contributed by atoms with Crippen molar-refractivity contribution >= 4 is 38.8 Å². The van der Waals surface area contributed by atoms with Gasteiger partial charge in [0.05, 0.1) is 35.6 Å². The first-order chi connectivity index (χ1) is 27.9. The zero-order valence-electron chi connectivity index (χ0n) is 35.0. The summed E-state index contributed by atoms with van der Waals surface area (Å²) in [6.45, 7) is 8.73. The molecule has 60 heavy (non-hydrogen) atoms. The maximum atomic E-state index is 14.9. The topological polar surface area (TPSA) is 185 Å². The van der Waals surface area contributed by atoms with Crippen molar-refractivity contribution in [3.63, 3.8) is 0 Å². The van der Waals surface area contributed by atoms with Gasteiger partial charge < -0.3 is 30.0 Å². The Morgan fingerprint density at radius 2 is 1.85 bits per heavy atom. The minimum atomic E-state index is -5.00. The SMILES string of the molecule is COc1ccc2nc(C(F)(F)F)c3c(c2c1)C(C)(O)CC1(CC2C(=O)NC4(C(=O)NS(=O)(=O)C5(C)CC5)CC4C=CCCCCCC(NC(=O)OCC(C)(C)C)CN2C1)O3. The molecule has 3 fully saturated rings. The lowest BCUT2D eigenvalue weighted by atomic mass is 9.77. The van der Waals surface area contributed by atoms with Gasteiger partial charge in [0.15, 0.2) is 11.4 Å². The quantitative estimate of drug-likeness (QED) is 0.265. The van der Waals surface area contributed by atoms with E-state index in [2.05, 4.69) is 20.3 Å². The van der Waals surface area contributed by atoms with Crippen LogP contribution >= 0.6 is 0 Å². The second-order valence-electron chi connectivity index (χ2n) is 19.1. The number of alkyl halides is 3. The second kappa shape index (κ2) is 15.3. The van der Waals surface area contributed by atoms with E-state index >= 15 is 0 Å². The molecule has 14 nitrogen and oxygen atoms in total. The number of rotatable bonds is 6. The van der Waals surface area contributed by atoms with Crippen LogP contribution in [0.25, 0.3) is 10.9 Å². The number of carbonyl (C=O) groups is 3. The van der Waals surface area contributed by atoms with Crippen molar-refractivity contribution in [1.29, 1.82) is 0 Å². The number of nitrogens with zero attached hydrogens (tertiary/aromatic N) is 2. The molecule has 1 spiro atoms. The van der Waals surface area contributed by atoms with Crippen LogP contribution in [0, 0.1) is 11.3 Å². The molecule has 4 N–H and O–H groups in total. The Bertz CT molecular complexity index is 2190. The zero-order valence-corrected chi connectivity index (χ0v) is 35.8. The number of benzene rings is 1. The van der Waals surface area contributed by atoms with E-state index in [1.807, 2.05) is 32.9 Å². The summed E-state index contributed by atoms with van der Waals surface area (Å²) in [6.07, 6.45) is 1.93. The van der Waals surface area contributed by atoms with Gasteiger partial charge in [0.1, 0.15) is 16.9 Å². The number of hydrogen-bond donors (Lipinski definition) is 4. The monoisotopic (exact) mass is 863 g/mol. The largest absolute Gasteiger partial charge is 0.497 e. The van der Waals surface area contributed by atoms with E-state index in [9.17, 15) is 41.1 Å². The average molecular weight is 864 g/mol. The Labute approximate surface area is 348 Å². The molecule has 1 aromatic carbocycles. The maximum Gasteiger partial charge on any atom is 0.437 e. The molecule has 4 heterocycles. The van der Waals surface area contributed by atoms with E-state index in [1.54, 1.807) is 11.8 Å². The van der Waals surface area contributed by atoms with Gasteiger partial charge >= 0.3 is 12.3 Å². The number of alkyl carbamates (subject to hydrolysis) is 1. The Morgan fingerprint density at radius 3 is 2.52 bits per heavy atom. The number of aromatic nitrogens is 1. The number of nitrogens with one attached hydrogen (secondary N) is 3. The highest BCUT2D eigenvalue weighted by Crippen LogP contribution is 2.54. The molecule has 2 saturated carbocycles. The molecule has 1 saturated heterocycles. The Balaban J connectivity index is 1.28. The van der Waals surface area contributed by atoms with Crippen LogP contribution in [0.1, 0.15) is 110 Å². The molecule has 0 bridgehead atoms. The highest BCUT2D eigenvalue weighted by molar-refractivity contribution is 7.91. The van der Waals surface area contributed by atoms with Crippen molar-refractivity contribution in [1.82, 2.24) is 25.2 Å². The average Bonchev–Trinajstić information content (AvgIpc) is 4.03.